The van der Waals surface area contributed by atoms with Crippen LogP contribution in [0.4, 0.5) is 5.69 Å². The average Bonchev–Trinajstić information content (AvgIpc) is 2.53. The Morgan fingerprint density at radius 2 is 2.23 bits per heavy atom. The van der Waals surface area contributed by atoms with Crippen molar-refractivity contribution in [2.45, 2.75) is 32.4 Å². The summed E-state index contributed by atoms with van der Waals surface area (Å²) in [5.74, 6) is 0.0961. The molecule has 2 heterocycles. The highest BCUT2D eigenvalue weighted by molar-refractivity contribution is 6.31. The Kier molecular flexibility index (Phi) is 4.41. The van der Waals surface area contributed by atoms with Crippen LogP contribution in [0, 0.1) is 0 Å². The first-order valence-corrected chi connectivity index (χ1v) is 7.76. The Labute approximate surface area is 134 Å². The molecule has 0 unspecified atom stereocenters. The second kappa shape index (κ2) is 6.46. The zero-order chi connectivity index (χ0) is 15.5. The third-order valence-electron chi connectivity index (χ3n) is 3.98. The van der Waals surface area contributed by atoms with Gasteiger partial charge in [-0.3, -0.25) is 9.78 Å². The number of rotatable bonds is 4. The Morgan fingerprint density at radius 3 is 3.05 bits per heavy atom. The fourth-order valence-electron chi connectivity index (χ4n) is 2.60. The molecule has 1 aliphatic heterocycles. The first-order chi connectivity index (χ1) is 10.6. The van der Waals surface area contributed by atoms with Gasteiger partial charge in [0.2, 0.25) is 5.91 Å². The number of aryl methyl sites for hydroxylation is 1. The maximum absolute atomic E-state index is 11.4. The molecule has 2 aromatic rings. The van der Waals surface area contributed by atoms with E-state index in [1.165, 1.54) is 11.1 Å². The number of hydrogen-bond donors (Lipinski definition) is 2. The summed E-state index contributed by atoms with van der Waals surface area (Å²) in [6.07, 6.45) is 4.77. The molecule has 0 radical (unpaired) electrons. The van der Waals surface area contributed by atoms with Crippen LogP contribution >= 0.6 is 11.6 Å². The number of benzene rings is 1. The number of fused-ring (bicyclic) bond motifs is 1. The summed E-state index contributed by atoms with van der Waals surface area (Å²) >= 11 is 6.12. The summed E-state index contributed by atoms with van der Waals surface area (Å²) in [5, 5.41) is 7.06. The van der Waals surface area contributed by atoms with Crippen LogP contribution in [-0.4, -0.2) is 10.9 Å². The van der Waals surface area contributed by atoms with Crippen molar-refractivity contribution in [2.75, 3.05) is 5.32 Å². The van der Waals surface area contributed by atoms with Crippen LogP contribution in [0.5, 0.6) is 0 Å². The number of halogens is 1. The van der Waals surface area contributed by atoms with Gasteiger partial charge < -0.3 is 10.6 Å². The fraction of sp³-hybridized carbons (Fsp3) is 0.294. The number of pyridine rings is 1. The van der Waals surface area contributed by atoms with E-state index in [9.17, 15) is 4.79 Å². The summed E-state index contributed by atoms with van der Waals surface area (Å²) in [4.78, 5) is 15.4. The van der Waals surface area contributed by atoms with Gasteiger partial charge in [-0.25, -0.2) is 0 Å². The van der Waals surface area contributed by atoms with Crippen LogP contribution in [0.2, 0.25) is 5.02 Å². The average molecular weight is 316 g/mol. The number of carbonyl (C=O) groups excluding carboxylic acids is 1. The molecule has 1 aliphatic rings. The highest BCUT2D eigenvalue weighted by Gasteiger charge is 2.16. The van der Waals surface area contributed by atoms with Crippen LogP contribution in [0.25, 0.3) is 0 Å². The Bertz CT molecular complexity index is 702. The third-order valence-corrected chi connectivity index (χ3v) is 4.32. The standard InChI is InChI=1S/C17H18ClN3O/c1-11(20-9-14-6-7-19-10-15(14)18)12-2-4-16-13(8-12)3-5-17(22)21-16/h2,4,6-8,10-11,20H,3,5,9H2,1H3,(H,21,22)/t11-/m0/s1. The molecule has 0 fully saturated rings. The molecule has 2 N–H and O–H groups in total. The van der Waals surface area contributed by atoms with Crippen LogP contribution in [-0.2, 0) is 17.8 Å². The van der Waals surface area contributed by atoms with E-state index in [1.54, 1.807) is 12.4 Å². The zero-order valence-electron chi connectivity index (χ0n) is 12.4. The van der Waals surface area contributed by atoms with Crippen LogP contribution in [0.3, 0.4) is 0 Å². The molecule has 0 spiro atoms. The zero-order valence-corrected chi connectivity index (χ0v) is 13.2. The third kappa shape index (κ3) is 3.29. The largest absolute Gasteiger partial charge is 0.326 e. The normalized spacial score (nSPS) is 15.1. The topological polar surface area (TPSA) is 54.0 Å². The van der Waals surface area contributed by atoms with Gasteiger partial charge in [0.25, 0.3) is 0 Å². The molecule has 5 heteroatoms. The van der Waals surface area contributed by atoms with E-state index in [-0.39, 0.29) is 11.9 Å². The van der Waals surface area contributed by atoms with E-state index < -0.39 is 0 Å². The van der Waals surface area contributed by atoms with Crippen molar-refractivity contribution < 1.29 is 4.79 Å². The van der Waals surface area contributed by atoms with Crippen molar-refractivity contribution in [3.05, 3.63) is 58.4 Å². The SMILES string of the molecule is C[C@H](NCc1ccncc1Cl)c1ccc2c(c1)CCC(=O)N2. The quantitative estimate of drug-likeness (QED) is 0.908. The van der Waals surface area contributed by atoms with E-state index in [0.29, 0.717) is 18.0 Å². The lowest BCUT2D eigenvalue weighted by molar-refractivity contribution is -0.116. The molecule has 0 saturated heterocycles. The van der Waals surface area contributed by atoms with Gasteiger partial charge >= 0.3 is 0 Å². The van der Waals surface area contributed by atoms with Crippen LogP contribution in [0.1, 0.15) is 36.1 Å². The molecule has 1 aromatic heterocycles. The number of anilines is 1. The molecule has 0 aliphatic carbocycles. The maximum atomic E-state index is 11.4. The van der Waals surface area contributed by atoms with Crippen LogP contribution in [0.15, 0.2) is 36.7 Å². The van der Waals surface area contributed by atoms with Gasteiger partial charge in [0.15, 0.2) is 0 Å². The minimum absolute atomic E-state index is 0.0961. The van der Waals surface area contributed by atoms with E-state index in [2.05, 4.69) is 34.7 Å². The molecule has 3 rings (SSSR count). The summed E-state index contributed by atoms with van der Waals surface area (Å²) < 4.78 is 0. The highest BCUT2D eigenvalue weighted by Crippen LogP contribution is 2.26. The van der Waals surface area contributed by atoms with Gasteiger partial charge in [-0.2, -0.15) is 0 Å². The van der Waals surface area contributed by atoms with E-state index >= 15 is 0 Å². The maximum Gasteiger partial charge on any atom is 0.224 e. The number of nitrogens with zero attached hydrogens (tertiary/aromatic N) is 1. The number of nitrogens with one attached hydrogen (secondary N) is 2. The van der Waals surface area contributed by atoms with Crippen molar-refractivity contribution in [3.63, 3.8) is 0 Å². The smallest absolute Gasteiger partial charge is 0.224 e. The molecular formula is C17H18ClN3O. The molecule has 0 saturated carbocycles. The van der Waals surface area contributed by atoms with Crippen molar-refractivity contribution in [1.29, 1.82) is 0 Å². The number of amides is 1. The molecule has 1 aromatic carbocycles. The van der Waals surface area contributed by atoms with Gasteiger partial charge in [-0.15, -0.1) is 0 Å². The van der Waals surface area contributed by atoms with Gasteiger partial charge in [0.1, 0.15) is 0 Å². The molecular weight excluding hydrogens is 298 g/mol. The van der Waals surface area contributed by atoms with Gasteiger partial charge in [0.05, 0.1) is 5.02 Å². The predicted molar refractivity (Wildman–Crippen MR) is 87.9 cm³/mol. The van der Waals surface area contributed by atoms with Crippen molar-refractivity contribution in [2.24, 2.45) is 0 Å². The number of hydrogen-bond acceptors (Lipinski definition) is 3. The van der Waals surface area contributed by atoms with Crippen LogP contribution < -0.4 is 10.6 Å². The first kappa shape index (κ1) is 15.0. The Morgan fingerprint density at radius 1 is 1.36 bits per heavy atom. The van der Waals surface area contributed by atoms with Gasteiger partial charge in [0, 0.05) is 37.1 Å². The summed E-state index contributed by atoms with van der Waals surface area (Å²) in [7, 11) is 0. The summed E-state index contributed by atoms with van der Waals surface area (Å²) in [5.41, 5.74) is 4.38. The monoisotopic (exact) mass is 315 g/mol. The van der Waals surface area contributed by atoms with Gasteiger partial charge in [-0.1, -0.05) is 23.7 Å². The second-order valence-corrected chi connectivity index (χ2v) is 5.94. The number of carbonyl (C=O) groups is 1. The summed E-state index contributed by atoms with van der Waals surface area (Å²) in [6, 6.07) is 8.33. The lowest BCUT2D eigenvalue weighted by Crippen LogP contribution is -2.21. The first-order valence-electron chi connectivity index (χ1n) is 7.38. The molecule has 4 nitrogen and oxygen atoms in total. The molecule has 0 bridgehead atoms. The van der Waals surface area contributed by atoms with E-state index in [1.807, 2.05) is 12.1 Å². The lowest BCUT2D eigenvalue weighted by atomic mass is 9.97. The molecule has 114 valence electrons. The predicted octanol–water partition coefficient (Wildman–Crippen LogP) is 3.47. The Balaban J connectivity index is 1.69. The second-order valence-electron chi connectivity index (χ2n) is 5.53. The molecule has 22 heavy (non-hydrogen) atoms. The highest BCUT2D eigenvalue weighted by atomic mass is 35.5. The Hall–Kier alpha value is -1.91. The van der Waals surface area contributed by atoms with E-state index in [0.717, 1.165) is 17.7 Å². The minimum atomic E-state index is 0.0961. The van der Waals surface area contributed by atoms with Crippen molar-refractivity contribution in [1.82, 2.24) is 10.3 Å². The molecule has 1 amide bonds. The van der Waals surface area contributed by atoms with Crippen molar-refractivity contribution in [3.8, 4) is 0 Å². The van der Waals surface area contributed by atoms with Crippen molar-refractivity contribution >= 4 is 23.2 Å². The minimum Gasteiger partial charge on any atom is -0.326 e. The van der Waals surface area contributed by atoms with Gasteiger partial charge in [-0.05, 0) is 42.2 Å². The fourth-order valence-corrected chi connectivity index (χ4v) is 2.79. The molecule has 1 atom stereocenters. The lowest BCUT2D eigenvalue weighted by Gasteiger charge is -2.20. The summed E-state index contributed by atoms with van der Waals surface area (Å²) in [6.45, 7) is 2.81. The van der Waals surface area contributed by atoms with E-state index in [4.69, 9.17) is 11.6 Å². The number of aromatic nitrogens is 1.